The second kappa shape index (κ2) is 8.60. The van der Waals surface area contributed by atoms with Gasteiger partial charge in [-0.2, -0.15) is 0 Å². The summed E-state index contributed by atoms with van der Waals surface area (Å²) in [4.78, 5) is 4.67. The van der Waals surface area contributed by atoms with Crippen LogP contribution in [-0.2, 0) is 6.42 Å². The van der Waals surface area contributed by atoms with Crippen LogP contribution in [0.5, 0.6) is 0 Å². The Morgan fingerprint density at radius 1 is 1.41 bits per heavy atom. The van der Waals surface area contributed by atoms with Crippen LogP contribution in [0.4, 0.5) is 0 Å². The van der Waals surface area contributed by atoms with Crippen molar-refractivity contribution in [3.8, 4) is 0 Å². The van der Waals surface area contributed by atoms with E-state index in [2.05, 4.69) is 22.2 Å². The lowest BCUT2D eigenvalue weighted by molar-refractivity contribution is 0.387. The first kappa shape index (κ1) is 17.4. The molecule has 0 aromatic carbocycles. The van der Waals surface area contributed by atoms with Gasteiger partial charge in [0.1, 0.15) is 5.76 Å². The SMILES string of the molecule is C=CCNC(=NCCc1ccco1)NC1CC2CCC1C2.I. The molecule has 3 atom stereocenters. The standard InChI is InChI=1S/C17H25N3O.HI/c1-2-8-18-17(19-9-7-15-4-3-10-21-15)20-16-12-13-5-6-14(16)11-13;/h2-4,10,13-14,16H,1,5-9,11-12H2,(H2,18,19,20);1H. The third kappa shape index (κ3) is 4.51. The van der Waals surface area contributed by atoms with E-state index >= 15 is 0 Å². The zero-order valence-corrected chi connectivity index (χ0v) is 15.3. The summed E-state index contributed by atoms with van der Waals surface area (Å²) >= 11 is 0. The molecule has 2 aliphatic carbocycles. The van der Waals surface area contributed by atoms with Gasteiger partial charge < -0.3 is 15.1 Å². The van der Waals surface area contributed by atoms with Crippen LogP contribution >= 0.6 is 24.0 Å². The van der Waals surface area contributed by atoms with E-state index in [0.717, 1.165) is 43.1 Å². The minimum atomic E-state index is 0. The molecule has 2 saturated carbocycles. The fourth-order valence-corrected chi connectivity index (χ4v) is 3.65. The molecule has 1 aromatic rings. The highest BCUT2D eigenvalue weighted by Crippen LogP contribution is 2.44. The van der Waals surface area contributed by atoms with E-state index in [4.69, 9.17) is 4.42 Å². The van der Waals surface area contributed by atoms with Crippen molar-refractivity contribution in [2.24, 2.45) is 16.8 Å². The molecule has 2 bridgehead atoms. The molecule has 1 heterocycles. The summed E-state index contributed by atoms with van der Waals surface area (Å²) in [6, 6.07) is 4.52. The number of nitrogens with zero attached hydrogens (tertiary/aromatic N) is 1. The second-order valence-electron chi connectivity index (χ2n) is 6.15. The zero-order chi connectivity index (χ0) is 14.5. The molecule has 2 fully saturated rings. The van der Waals surface area contributed by atoms with Gasteiger partial charge in [-0.3, -0.25) is 4.99 Å². The van der Waals surface area contributed by atoms with E-state index in [9.17, 15) is 0 Å². The first-order valence-electron chi connectivity index (χ1n) is 8.03. The molecule has 5 heteroatoms. The van der Waals surface area contributed by atoms with Gasteiger partial charge in [-0.05, 0) is 43.2 Å². The topological polar surface area (TPSA) is 49.6 Å². The number of nitrogens with one attached hydrogen (secondary N) is 2. The van der Waals surface area contributed by atoms with Gasteiger partial charge in [0.15, 0.2) is 5.96 Å². The molecule has 4 nitrogen and oxygen atoms in total. The molecular weight excluding hydrogens is 389 g/mol. The summed E-state index contributed by atoms with van der Waals surface area (Å²) < 4.78 is 5.34. The Kier molecular flexibility index (Phi) is 6.79. The van der Waals surface area contributed by atoms with Crippen molar-refractivity contribution in [3.63, 3.8) is 0 Å². The molecular formula is C17H26IN3O. The lowest BCUT2D eigenvalue weighted by Crippen LogP contribution is -2.45. The Hall–Kier alpha value is -0.980. The molecule has 0 saturated heterocycles. The maximum atomic E-state index is 5.34. The lowest BCUT2D eigenvalue weighted by Gasteiger charge is -2.25. The summed E-state index contributed by atoms with van der Waals surface area (Å²) in [6.07, 6.45) is 9.92. The van der Waals surface area contributed by atoms with Crippen molar-refractivity contribution in [1.29, 1.82) is 0 Å². The van der Waals surface area contributed by atoms with Crippen LogP contribution in [0.2, 0.25) is 0 Å². The minimum Gasteiger partial charge on any atom is -0.469 e. The molecule has 0 radical (unpaired) electrons. The van der Waals surface area contributed by atoms with Gasteiger partial charge in [0.05, 0.1) is 6.26 Å². The smallest absolute Gasteiger partial charge is 0.191 e. The predicted molar refractivity (Wildman–Crippen MR) is 101 cm³/mol. The van der Waals surface area contributed by atoms with Gasteiger partial charge in [0.25, 0.3) is 0 Å². The van der Waals surface area contributed by atoms with E-state index in [1.807, 2.05) is 18.2 Å². The molecule has 1 aromatic heterocycles. The maximum absolute atomic E-state index is 5.34. The molecule has 0 spiro atoms. The number of rotatable bonds is 6. The van der Waals surface area contributed by atoms with Crippen molar-refractivity contribution in [1.82, 2.24) is 10.6 Å². The Morgan fingerprint density at radius 3 is 2.95 bits per heavy atom. The fraction of sp³-hybridized carbons (Fsp3) is 0.588. The third-order valence-corrected chi connectivity index (χ3v) is 4.68. The van der Waals surface area contributed by atoms with Gasteiger partial charge >= 0.3 is 0 Å². The van der Waals surface area contributed by atoms with Crippen LogP contribution in [0.15, 0.2) is 40.5 Å². The van der Waals surface area contributed by atoms with Crippen LogP contribution in [0.3, 0.4) is 0 Å². The molecule has 122 valence electrons. The quantitative estimate of drug-likeness (QED) is 0.324. The summed E-state index contributed by atoms with van der Waals surface area (Å²) in [7, 11) is 0. The number of hydrogen-bond donors (Lipinski definition) is 2. The van der Waals surface area contributed by atoms with Crippen molar-refractivity contribution in [2.75, 3.05) is 13.1 Å². The molecule has 0 aliphatic heterocycles. The van der Waals surface area contributed by atoms with Crippen molar-refractivity contribution >= 4 is 29.9 Å². The first-order valence-corrected chi connectivity index (χ1v) is 8.03. The number of guanidine groups is 1. The Balaban J connectivity index is 0.00000176. The highest BCUT2D eigenvalue weighted by atomic mass is 127. The van der Waals surface area contributed by atoms with Gasteiger partial charge in [0.2, 0.25) is 0 Å². The van der Waals surface area contributed by atoms with Crippen LogP contribution in [0.25, 0.3) is 0 Å². The van der Waals surface area contributed by atoms with Crippen LogP contribution in [-0.4, -0.2) is 25.1 Å². The fourth-order valence-electron chi connectivity index (χ4n) is 3.65. The Labute approximate surface area is 149 Å². The van der Waals surface area contributed by atoms with Crippen molar-refractivity contribution in [2.45, 2.75) is 38.1 Å². The molecule has 2 N–H and O–H groups in total. The molecule has 2 aliphatic rings. The van der Waals surface area contributed by atoms with Gasteiger partial charge in [0, 0.05) is 25.6 Å². The maximum Gasteiger partial charge on any atom is 0.191 e. The van der Waals surface area contributed by atoms with E-state index in [1.54, 1.807) is 6.26 Å². The number of fused-ring (bicyclic) bond motifs is 2. The van der Waals surface area contributed by atoms with Gasteiger partial charge in [-0.1, -0.05) is 12.5 Å². The Morgan fingerprint density at radius 2 is 2.32 bits per heavy atom. The van der Waals surface area contributed by atoms with Gasteiger partial charge in [-0.25, -0.2) is 0 Å². The monoisotopic (exact) mass is 415 g/mol. The summed E-state index contributed by atoms with van der Waals surface area (Å²) in [5.74, 6) is 3.69. The predicted octanol–water partition coefficient (Wildman–Crippen LogP) is 3.35. The Bertz CT molecular complexity index is 486. The molecule has 3 rings (SSSR count). The summed E-state index contributed by atoms with van der Waals surface area (Å²) in [5, 5.41) is 6.95. The van der Waals surface area contributed by atoms with Crippen LogP contribution < -0.4 is 10.6 Å². The summed E-state index contributed by atoms with van der Waals surface area (Å²) in [6.45, 7) is 5.24. The zero-order valence-electron chi connectivity index (χ0n) is 13.0. The first-order chi connectivity index (χ1) is 10.3. The number of aliphatic imine (C=N–C) groups is 1. The highest BCUT2D eigenvalue weighted by Gasteiger charge is 2.39. The highest BCUT2D eigenvalue weighted by molar-refractivity contribution is 14.0. The van der Waals surface area contributed by atoms with E-state index in [1.165, 1.54) is 25.7 Å². The molecule has 22 heavy (non-hydrogen) atoms. The lowest BCUT2D eigenvalue weighted by atomic mass is 9.95. The molecule has 0 amide bonds. The van der Waals surface area contributed by atoms with E-state index in [0.29, 0.717) is 6.04 Å². The second-order valence-corrected chi connectivity index (χ2v) is 6.15. The van der Waals surface area contributed by atoms with E-state index < -0.39 is 0 Å². The normalized spacial score (nSPS) is 26.5. The largest absolute Gasteiger partial charge is 0.469 e. The average molecular weight is 415 g/mol. The number of halogens is 1. The van der Waals surface area contributed by atoms with Crippen molar-refractivity contribution < 1.29 is 4.42 Å². The minimum absolute atomic E-state index is 0. The van der Waals surface area contributed by atoms with Crippen LogP contribution in [0.1, 0.15) is 31.4 Å². The van der Waals surface area contributed by atoms with Crippen molar-refractivity contribution in [3.05, 3.63) is 36.8 Å². The number of hydrogen-bond acceptors (Lipinski definition) is 2. The summed E-state index contributed by atoms with van der Waals surface area (Å²) in [5.41, 5.74) is 0. The van der Waals surface area contributed by atoms with E-state index in [-0.39, 0.29) is 24.0 Å². The van der Waals surface area contributed by atoms with Crippen LogP contribution in [0, 0.1) is 11.8 Å². The van der Waals surface area contributed by atoms with Gasteiger partial charge in [-0.15, -0.1) is 30.6 Å². The molecule has 3 unspecified atom stereocenters. The third-order valence-electron chi connectivity index (χ3n) is 4.68. The number of furan rings is 1. The average Bonchev–Trinajstić information content (AvgIpc) is 3.21.